The van der Waals surface area contributed by atoms with Gasteiger partial charge in [-0.25, -0.2) is 12.9 Å². The Bertz CT molecular complexity index is 1420. The van der Waals surface area contributed by atoms with Crippen LogP contribution in [0.2, 0.25) is 5.02 Å². The lowest BCUT2D eigenvalue weighted by Crippen LogP contribution is -2.18. The topological polar surface area (TPSA) is 94.8 Å². The number of aromatic nitrogens is 3. The number of benzene rings is 1. The Kier molecular flexibility index (Phi) is 5.80. The second kappa shape index (κ2) is 8.45. The van der Waals surface area contributed by atoms with Gasteiger partial charge in [-0.2, -0.15) is 5.10 Å². The first kappa shape index (κ1) is 22.7. The van der Waals surface area contributed by atoms with Crippen molar-refractivity contribution >= 4 is 33.0 Å². The van der Waals surface area contributed by atoms with Crippen LogP contribution in [0.1, 0.15) is 0 Å². The van der Waals surface area contributed by atoms with Crippen molar-refractivity contribution in [2.75, 3.05) is 11.8 Å². The summed E-state index contributed by atoms with van der Waals surface area (Å²) in [6.45, 7) is 0. The molecule has 0 unspecified atom stereocenters. The Morgan fingerprint density at radius 3 is 2.42 bits per heavy atom. The highest BCUT2D eigenvalue weighted by atomic mass is 35.5. The summed E-state index contributed by atoms with van der Waals surface area (Å²) in [6, 6.07) is 10.1. The van der Waals surface area contributed by atoms with E-state index >= 15 is 0 Å². The number of anilines is 1. The summed E-state index contributed by atoms with van der Waals surface area (Å²) in [6.07, 6.45) is -1.80. The van der Waals surface area contributed by atoms with Crippen LogP contribution in [0.3, 0.4) is 0 Å². The van der Waals surface area contributed by atoms with Crippen molar-refractivity contribution < 1.29 is 31.1 Å². The first-order valence-corrected chi connectivity index (χ1v) is 11.0. The Hall–Kier alpha value is -3.51. The van der Waals surface area contributed by atoms with Gasteiger partial charge in [-0.15, -0.1) is 13.2 Å². The molecule has 1 aromatic carbocycles. The molecule has 172 valence electrons. The van der Waals surface area contributed by atoms with E-state index in [1.807, 2.05) is 0 Å². The van der Waals surface area contributed by atoms with Crippen LogP contribution in [-0.2, 0) is 10.0 Å². The molecule has 0 amide bonds. The minimum atomic E-state index is -4.89. The van der Waals surface area contributed by atoms with E-state index in [0.29, 0.717) is 27.5 Å². The van der Waals surface area contributed by atoms with Gasteiger partial charge in [0, 0.05) is 11.8 Å². The summed E-state index contributed by atoms with van der Waals surface area (Å²) in [5.41, 5.74) is 1.50. The van der Waals surface area contributed by atoms with E-state index in [4.69, 9.17) is 16.3 Å². The first-order valence-electron chi connectivity index (χ1n) is 9.12. The highest BCUT2D eigenvalue weighted by molar-refractivity contribution is 7.92. The second-order valence-corrected chi connectivity index (χ2v) is 8.72. The quantitative estimate of drug-likeness (QED) is 0.412. The number of nitrogens with zero attached hydrogens (tertiary/aromatic N) is 3. The summed E-state index contributed by atoms with van der Waals surface area (Å²) in [4.78, 5) is 3.80. The molecule has 0 aliphatic rings. The monoisotopic (exact) mass is 498 g/mol. The lowest BCUT2D eigenvalue weighted by Gasteiger charge is -2.12. The van der Waals surface area contributed by atoms with Crippen LogP contribution in [0.4, 0.5) is 19.0 Å². The van der Waals surface area contributed by atoms with Crippen molar-refractivity contribution in [3.05, 3.63) is 65.9 Å². The second-order valence-electron chi connectivity index (χ2n) is 6.63. The molecule has 3 heterocycles. The Morgan fingerprint density at radius 2 is 1.76 bits per heavy atom. The maximum atomic E-state index is 12.8. The Labute approximate surface area is 190 Å². The van der Waals surface area contributed by atoms with Gasteiger partial charge in [0.2, 0.25) is 0 Å². The van der Waals surface area contributed by atoms with Crippen LogP contribution < -0.4 is 14.2 Å². The largest absolute Gasteiger partial charge is 0.573 e. The lowest BCUT2D eigenvalue weighted by molar-refractivity contribution is -0.274. The van der Waals surface area contributed by atoms with Crippen molar-refractivity contribution in [2.24, 2.45) is 0 Å². The first-order chi connectivity index (χ1) is 15.6. The smallest absolute Gasteiger partial charge is 0.495 e. The van der Waals surface area contributed by atoms with Gasteiger partial charge in [0.1, 0.15) is 17.3 Å². The molecular weight excluding hydrogens is 485 g/mol. The number of ether oxygens (including phenoxy) is 2. The molecule has 4 aromatic rings. The SMILES string of the molecule is COc1cncc(-c2cc3c(Cl)ccc(NS(=O)(=O)c4ccc(OC(F)(F)F)cc4)n3n2)c1. The number of fused-ring (bicyclic) bond motifs is 1. The number of halogens is 4. The van der Waals surface area contributed by atoms with Gasteiger partial charge < -0.3 is 9.47 Å². The number of alkyl halides is 3. The molecule has 3 aromatic heterocycles. The number of rotatable bonds is 6. The minimum absolute atomic E-state index is 0.0622. The summed E-state index contributed by atoms with van der Waals surface area (Å²) in [5.74, 6) is 0.0283. The summed E-state index contributed by atoms with van der Waals surface area (Å²) < 4.78 is 75.2. The van der Waals surface area contributed by atoms with Gasteiger partial charge in [0.25, 0.3) is 10.0 Å². The predicted molar refractivity (Wildman–Crippen MR) is 114 cm³/mol. The van der Waals surface area contributed by atoms with Gasteiger partial charge in [-0.05, 0) is 48.5 Å². The van der Waals surface area contributed by atoms with E-state index in [1.54, 1.807) is 18.3 Å². The zero-order valence-electron chi connectivity index (χ0n) is 16.7. The van der Waals surface area contributed by atoms with E-state index < -0.39 is 22.1 Å². The standard InChI is InChI=1S/C20H14ClF3N4O4S/c1-31-14-8-12(10-25-11-14)17-9-18-16(21)6-7-19(28(18)26-17)27-33(29,30)15-4-2-13(3-5-15)32-20(22,23)24/h2-11,27H,1H3. The Balaban J connectivity index is 1.68. The zero-order chi connectivity index (χ0) is 23.8. The van der Waals surface area contributed by atoms with Crippen LogP contribution >= 0.6 is 11.6 Å². The van der Waals surface area contributed by atoms with Crippen molar-refractivity contribution in [1.29, 1.82) is 0 Å². The summed E-state index contributed by atoms with van der Waals surface area (Å²) in [5, 5.41) is 4.74. The molecule has 0 aliphatic carbocycles. The Morgan fingerprint density at radius 1 is 1.03 bits per heavy atom. The normalized spacial score (nSPS) is 12.0. The fraction of sp³-hybridized carbons (Fsp3) is 0.100. The lowest BCUT2D eigenvalue weighted by atomic mass is 10.2. The van der Waals surface area contributed by atoms with Gasteiger partial charge in [0.15, 0.2) is 0 Å². The highest BCUT2D eigenvalue weighted by Crippen LogP contribution is 2.30. The average molecular weight is 499 g/mol. The fourth-order valence-electron chi connectivity index (χ4n) is 2.95. The maximum Gasteiger partial charge on any atom is 0.573 e. The zero-order valence-corrected chi connectivity index (χ0v) is 18.2. The third-order valence-electron chi connectivity index (χ3n) is 4.42. The van der Waals surface area contributed by atoms with Gasteiger partial charge in [-0.3, -0.25) is 9.71 Å². The molecule has 8 nitrogen and oxygen atoms in total. The number of sulfonamides is 1. The van der Waals surface area contributed by atoms with Crippen molar-refractivity contribution in [2.45, 2.75) is 11.3 Å². The van der Waals surface area contributed by atoms with Crippen LogP contribution in [0.5, 0.6) is 11.5 Å². The third kappa shape index (κ3) is 4.96. The molecule has 0 atom stereocenters. The molecule has 0 spiro atoms. The summed E-state index contributed by atoms with van der Waals surface area (Å²) >= 11 is 6.26. The number of hydrogen-bond donors (Lipinski definition) is 1. The number of methoxy groups -OCH3 is 1. The van der Waals surface area contributed by atoms with Crippen LogP contribution in [-0.4, -0.2) is 36.5 Å². The minimum Gasteiger partial charge on any atom is -0.495 e. The molecule has 33 heavy (non-hydrogen) atoms. The van der Waals surface area contributed by atoms with E-state index in [2.05, 4.69) is 19.5 Å². The van der Waals surface area contributed by atoms with Crippen molar-refractivity contribution in [3.8, 4) is 22.8 Å². The van der Waals surface area contributed by atoms with E-state index in [-0.39, 0.29) is 10.7 Å². The molecular formula is C20H14ClF3N4O4S. The molecule has 0 bridgehead atoms. The van der Waals surface area contributed by atoms with E-state index in [0.717, 1.165) is 24.3 Å². The molecule has 1 N–H and O–H groups in total. The fourth-order valence-corrected chi connectivity index (χ4v) is 4.19. The molecule has 0 saturated heterocycles. The summed E-state index contributed by atoms with van der Waals surface area (Å²) in [7, 11) is -2.67. The van der Waals surface area contributed by atoms with E-state index in [9.17, 15) is 21.6 Å². The van der Waals surface area contributed by atoms with Gasteiger partial charge in [0.05, 0.1) is 34.4 Å². The van der Waals surface area contributed by atoms with Crippen molar-refractivity contribution in [1.82, 2.24) is 14.6 Å². The van der Waals surface area contributed by atoms with Gasteiger partial charge >= 0.3 is 6.36 Å². The number of nitrogens with one attached hydrogen (secondary N) is 1. The average Bonchev–Trinajstić information content (AvgIpc) is 3.22. The maximum absolute atomic E-state index is 12.8. The molecule has 13 heteroatoms. The molecule has 0 saturated carbocycles. The van der Waals surface area contributed by atoms with Crippen LogP contribution in [0.25, 0.3) is 16.8 Å². The predicted octanol–water partition coefficient (Wildman–Crippen LogP) is 4.76. The highest BCUT2D eigenvalue weighted by Gasteiger charge is 2.31. The molecule has 0 aliphatic heterocycles. The number of hydrogen-bond acceptors (Lipinski definition) is 6. The third-order valence-corrected chi connectivity index (χ3v) is 6.11. The number of pyridine rings is 2. The molecule has 4 rings (SSSR count). The van der Waals surface area contributed by atoms with Crippen LogP contribution in [0.15, 0.2) is 65.8 Å². The van der Waals surface area contributed by atoms with Crippen molar-refractivity contribution in [3.63, 3.8) is 0 Å². The molecule has 0 fully saturated rings. The molecule has 0 radical (unpaired) electrons. The van der Waals surface area contributed by atoms with E-state index in [1.165, 1.54) is 30.0 Å². The van der Waals surface area contributed by atoms with Crippen LogP contribution in [0, 0.1) is 0 Å². The van der Waals surface area contributed by atoms with Gasteiger partial charge in [-0.1, -0.05) is 11.6 Å².